The van der Waals surface area contributed by atoms with Crippen LogP contribution in [0.3, 0.4) is 0 Å². The molecule has 154 valence electrons. The zero-order chi connectivity index (χ0) is 18.6. The molecule has 0 bridgehead atoms. The van der Waals surface area contributed by atoms with Crippen LogP contribution in [0.25, 0.3) is 0 Å². The van der Waals surface area contributed by atoms with Gasteiger partial charge in [0.1, 0.15) is 0 Å². The van der Waals surface area contributed by atoms with Crippen molar-refractivity contribution < 1.29 is 9.47 Å². The topological polar surface area (TPSA) is 58.1 Å². The molecule has 0 amide bonds. The largest absolute Gasteiger partial charge is 0.382 e. The van der Waals surface area contributed by atoms with Crippen molar-refractivity contribution in [2.45, 2.75) is 12.8 Å². The van der Waals surface area contributed by atoms with E-state index in [-0.39, 0.29) is 24.0 Å². The minimum Gasteiger partial charge on any atom is -0.382 e. The van der Waals surface area contributed by atoms with Crippen LogP contribution in [0.2, 0.25) is 0 Å². The number of rotatable bonds is 10. The molecule has 0 radical (unpaired) electrons. The molecular formula is C19H32BrIN4O2. The molecule has 27 heavy (non-hydrogen) atoms. The van der Waals surface area contributed by atoms with Crippen LogP contribution in [-0.4, -0.2) is 66.1 Å². The Hall–Kier alpha value is -0.580. The maximum atomic E-state index is 5.46. The van der Waals surface area contributed by atoms with E-state index >= 15 is 0 Å². The molecule has 0 saturated carbocycles. The summed E-state index contributed by atoms with van der Waals surface area (Å²) in [4.78, 5) is 6.75. The maximum Gasteiger partial charge on any atom is 0.190 e. The van der Waals surface area contributed by atoms with Crippen LogP contribution in [0.15, 0.2) is 33.7 Å². The quantitative estimate of drug-likeness (QED) is 0.201. The Bertz CT molecular complexity index is 562. The number of halogens is 2. The molecule has 1 aromatic rings. The predicted molar refractivity (Wildman–Crippen MR) is 127 cm³/mol. The molecule has 1 saturated heterocycles. The second-order valence-corrected chi connectivity index (χ2v) is 7.33. The van der Waals surface area contributed by atoms with Gasteiger partial charge >= 0.3 is 0 Å². The first-order chi connectivity index (χ1) is 12.7. The first-order valence-electron chi connectivity index (χ1n) is 9.24. The third kappa shape index (κ3) is 9.45. The first-order valence-corrected chi connectivity index (χ1v) is 10.0. The van der Waals surface area contributed by atoms with Gasteiger partial charge < -0.3 is 25.0 Å². The molecule has 1 aromatic carbocycles. The molecule has 1 fully saturated rings. The first kappa shape index (κ1) is 24.5. The van der Waals surface area contributed by atoms with Gasteiger partial charge in [-0.1, -0.05) is 22.0 Å². The summed E-state index contributed by atoms with van der Waals surface area (Å²) in [5.74, 6) is 1.49. The fourth-order valence-electron chi connectivity index (χ4n) is 2.99. The lowest BCUT2D eigenvalue weighted by Gasteiger charge is -2.19. The zero-order valence-electron chi connectivity index (χ0n) is 16.2. The molecule has 1 heterocycles. The highest BCUT2D eigenvalue weighted by atomic mass is 127. The van der Waals surface area contributed by atoms with Crippen molar-refractivity contribution in [1.29, 1.82) is 0 Å². The Morgan fingerprint density at radius 1 is 1.30 bits per heavy atom. The fraction of sp³-hybridized carbons (Fsp3) is 0.632. The van der Waals surface area contributed by atoms with E-state index in [1.165, 1.54) is 12.1 Å². The number of nitrogens with zero attached hydrogens (tertiary/aromatic N) is 2. The minimum atomic E-state index is 0. The number of aliphatic imine (C=N–C) groups is 1. The Labute approximate surface area is 188 Å². The molecule has 1 aliphatic rings. The fourth-order valence-corrected chi connectivity index (χ4v) is 3.38. The van der Waals surface area contributed by atoms with E-state index in [1.54, 1.807) is 7.11 Å². The highest BCUT2D eigenvalue weighted by Crippen LogP contribution is 2.25. The standard InChI is InChI=1S/C19H31BrN4O2.HI/c1-21-19(22-8-4-10-26-12-11-25-2)23-14-16-7-9-24(15-16)18-6-3-5-17(20)13-18;/h3,5-6,13,16H,4,7-12,14-15H2,1-2H3,(H2,21,22,23);1H. The average molecular weight is 555 g/mol. The van der Waals surface area contributed by atoms with Crippen molar-refractivity contribution in [3.05, 3.63) is 28.7 Å². The number of guanidine groups is 1. The van der Waals surface area contributed by atoms with Crippen LogP contribution in [0.5, 0.6) is 0 Å². The summed E-state index contributed by atoms with van der Waals surface area (Å²) in [6.07, 6.45) is 2.15. The van der Waals surface area contributed by atoms with Gasteiger partial charge in [-0.2, -0.15) is 0 Å². The van der Waals surface area contributed by atoms with E-state index in [1.807, 2.05) is 7.05 Å². The lowest BCUT2D eigenvalue weighted by molar-refractivity contribution is 0.0698. The number of benzene rings is 1. The smallest absolute Gasteiger partial charge is 0.190 e. The number of methoxy groups -OCH3 is 1. The molecule has 1 unspecified atom stereocenters. The highest BCUT2D eigenvalue weighted by Gasteiger charge is 2.22. The molecule has 2 rings (SSSR count). The van der Waals surface area contributed by atoms with Crippen LogP contribution in [0, 0.1) is 5.92 Å². The molecule has 1 atom stereocenters. The Morgan fingerprint density at radius 2 is 2.15 bits per heavy atom. The minimum absolute atomic E-state index is 0. The Balaban J connectivity index is 0.00000364. The van der Waals surface area contributed by atoms with Gasteiger partial charge in [0.15, 0.2) is 5.96 Å². The van der Waals surface area contributed by atoms with Crippen molar-refractivity contribution >= 4 is 51.6 Å². The van der Waals surface area contributed by atoms with Crippen molar-refractivity contribution in [2.24, 2.45) is 10.9 Å². The van der Waals surface area contributed by atoms with Gasteiger partial charge in [0.25, 0.3) is 0 Å². The lowest BCUT2D eigenvalue weighted by Crippen LogP contribution is -2.40. The molecule has 0 aromatic heterocycles. The SMILES string of the molecule is CN=C(NCCCOCCOC)NCC1CCN(c2cccc(Br)c2)C1.I. The predicted octanol–water partition coefficient (Wildman–Crippen LogP) is 3.11. The Kier molecular flexibility index (Phi) is 13.1. The monoisotopic (exact) mass is 554 g/mol. The van der Waals surface area contributed by atoms with Gasteiger partial charge in [-0.15, -0.1) is 24.0 Å². The van der Waals surface area contributed by atoms with E-state index in [4.69, 9.17) is 9.47 Å². The molecular weight excluding hydrogens is 523 g/mol. The molecule has 8 heteroatoms. The number of hydrogen-bond acceptors (Lipinski definition) is 4. The number of anilines is 1. The van der Waals surface area contributed by atoms with Crippen LogP contribution < -0.4 is 15.5 Å². The zero-order valence-corrected chi connectivity index (χ0v) is 20.2. The van der Waals surface area contributed by atoms with Crippen LogP contribution in [0.4, 0.5) is 5.69 Å². The van der Waals surface area contributed by atoms with Crippen molar-refractivity contribution in [3.63, 3.8) is 0 Å². The second kappa shape index (κ2) is 14.4. The maximum absolute atomic E-state index is 5.46. The summed E-state index contributed by atoms with van der Waals surface area (Å²) in [5, 5.41) is 6.79. The molecule has 1 aliphatic heterocycles. The third-order valence-corrected chi connectivity index (χ3v) is 4.92. The Morgan fingerprint density at radius 3 is 2.89 bits per heavy atom. The van der Waals surface area contributed by atoms with Crippen LogP contribution in [-0.2, 0) is 9.47 Å². The van der Waals surface area contributed by atoms with E-state index in [0.717, 1.165) is 49.6 Å². The number of hydrogen-bond donors (Lipinski definition) is 2. The van der Waals surface area contributed by atoms with Crippen molar-refractivity contribution in [2.75, 3.05) is 65.1 Å². The molecule has 6 nitrogen and oxygen atoms in total. The van der Waals surface area contributed by atoms with E-state index in [9.17, 15) is 0 Å². The normalized spacial score (nSPS) is 16.9. The van der Waals surface area contributed by atoms with E-state index in [2.05, 4.69) is 60.7 Å². The number of nitrogens with one attached hydrogen (secondary N) is 2. The van der Waals surface area contributed by atoms with Gasteiger partial charge in [-0.3, -0.25) is 4.99 Å². The summed E-state index contributed by atoms with van der Waals surface area (Å²) >= 11 is 3.55. The van der Waals surface area contributed by atoms with Gasteiger partial charge in [0.2, 0.25) is 0 Å². The summed E-state index contributed by atoms with van der Waals surface area (Å²) in [6.45, 7) is 6.00. The van der Waals surface area contributed by atoms with Gasteiger partial charge in [-0.25, -0.2) is 0 Å². The van der Waals surface area contributed by atoms with Crippen molar-refractivity contribution in [1.82, 2.24) is 10.6 Å². The highest BCUT2D eigenvalue weighted by molar-refractivity contribution is 14.0. The third-order valence-electron chi connectivity index (χ3n) is 4.43. The average Bonchev–Trinajstić information content (AvgIpc) is 3.12. The van der Waals surface area contributed by atoms with Crippen LogP contribution in [0.1, 0.15) is 12.8 Å². The molecule has 0 spiro atoms. The van der Waals surface area contributed by atoms with Crippen LogP contribution >= 0.6 is 39.9 Å². The summed E-state index contributed by atoms with van der Waals surface area (Å²) in [6, 6.07) is 8.52. The van der Waals surface area contributed by atoms with E-state index < -0.39 is 0 Å². The molecule has 2 N–H and O–H groups in total. The lowest BCUT2D eigenvalue weighted by atomic mass is 10.1. The second-order valence-electron chi connectivity index (χ2n) is 6.42. The summed E-state index contributed by atoms with van der Waals surface area (Å²) in [5.41, 5.74) is 1.29. The summed E-state index contributed by atoms with van der Waals surface area (Å²) < 4.78 is 11.5. The van der Waals surface area contributed by atoms with Gasteiger partial charge in [-0.05, 0) is 37.0 Å². The number of ether oxygens (including phenoxy) is 2. The van der Waals surface area contributed by atoms with Crippen molar-refractivity contribution in [3.8, 4) is 0 Å². The van der Waals surface area contributed by atoms with Gasteiger partial charge in [0.05, 0.1) is 13.2 Å². The van der Waals surface area contributed by atoms with Gasteiger partial charge in [0, 0.05) is 57.1 Å². The van der Waals surface area contributed by atoms with E-state index in [0.29, 0.717) is 19.1 Å². The summed E-state index contributed by atoms with van der Waals surface area (Å²) in [7, 11) is 3.50. The molecule has 0 aliphatic carbocycles.